The Hall–Kier alpha value is -1.59. The highest BCUT2D eigenvalue weighted by molar-refractivity contribution is 9.10. The van der Waals surface area contributed by atoms with Crippen LogP contribution in [0.25, 0.3) is 10.2 Å². The summed E-state index contributed by atoms with van der Waals surface area (Å²) in [5.41, 5.74) is 2.09. The molecule has 0 atom stereocenters. The average molecular weight is 350 g/mol. The number of nitrogens with zero attached hydrogens (tertiary/aromatic N) is 1. The van der Waals surface area contributed by atoms with E-state index in [0.717, 1.165) is 10.2 Å². The van der Waals surface area contributed by atoms with Crippen molar-refractivity contribution >= 4 is 43.3 Å². The van der Waals surface area contributed by atoms with Gasteiger partial charge in [0.25, 0.3) is 0 Å². The zero-order chi connectivity index (χ0) is 14.1. The Balaban J connectivity index is 1.88. The number of ketones is 1. The summed E-state index contributed by atoms with van der Waals surface area (Å²) >= 11 is 4.77. The van der Waals surface area contributed by atoms with Gasteiger partial charge in [-0.05, 0) is 41.3 Å². The number of carbonyl (C=O) groups excluding carboxylic acids is 1. The molecule has 2 heterocycles. The van der Waals surface area contributed by atoms with Crippen LogP contribution in [0, 0.1) is 5.82 Å². The van der Waals surface area contributed by atoms with Crippen LogP contribution in [0.1, 0.15) is 15.9 Å². The normalized spacial score (nSPS) is 10.9. The zero-order valence-electron chi connectivity index (χ0n) is 10.3. The number of aromatic nitrogens is 1. The molecule has 100 valence electrons. The summed E-state index contributed by atoms with van der Waals surface area (Å²) in [5, 5.41) is 1.94. The second-order valence-corrected chi connectivity index (χ2v) is 6.27. The minimum Gasteiger partial charge on any atom is -0.294 e. The number of fused-ring (bicyclic) bond motifs is 1. The first-order valence-corrected chi connectivity index (χ1v) is 7.60. The molecular formula is C15H9BrFNOS. The van der Waals surface area contributed by atoms with Gasteiger partial charge in [-0.2, -0.15) is 0 Å². The third kappa shape index (κ3) is 2.78. The second-order valence-electron chi connectivity index (χ2n) is 4.41. The first-order chi connectivity index (χ1) is 9.61. The van der Waals surface area contributed by atoms with Crippen LogP contribution in [0.5, 0.6) is 0 Å². The third-order valence-corrected chi connectivity index (χ3v) is 4.22. The van der Waals surface area contributed by atoms with E-state index in [9.17, 15) is 9.18 Å². The maximum atomic E-state index is 13.3. The van der Waals surface area contributed by atoms with E-state index in [0.29, 0.717) is 15.6 Å². The summed E-state index contributed by atoms with van der Waals surface area (Å²) in [6.07, 6.45) is 1.74. The van der Waals surface area contributed by atoms with Crippen LogP contribution in [0.4, 0.5) is 4.39 Å². The topological polar surface area (TPSA) is 30.0 Å². The van der Waals surface area contributed by atoms with Crippen molar-refractivity contribution in [3.05, 3.63) is 63.3 Å². The van der Waals surface area contributed by atoms with Gasteiger partial charge in [0.1, 0.15) is 5.82 Å². The van der Waals surface area contributed by atoms with Crippen molar-refractivity contribution in [3.63, 3.8) is 0 Å². The van der Waals surface area contributed by atoms with Crippen LogP contribution >= 0.6 is 27.3 Å². The first kappa shape index (κ1) is 13.4. The van der Waals surface area contributed by atoms with E-state index in [1.54, 1.807) is 23.6 Å². The molecule has 0 fully saturated rings. The van der Waals surface area contributed by atoms with Crippen molar-refractivity contribution in [1.82, 2.24) is 4.98 Å². The molecule has 0 aliphatic heterocycles. The fourth-order valence-corrected chi connectivity index (χ4v) is 3.29. The lowest BCUT2D eigenvalue weighted by Crippen LogP contribution is -2.04. The Morgan fingerprint density at radius 1 is 1.30 bits per heavy atom. The Morgan fingerprint density at radius 3 is 2.95 bits per heavy atom. The molecule has 0 aliphatic carbocycles. The smallest absolute Gasteiger partial charge is 0.168 e. The summed E-state index contributed by atoms with van der Waals surface area (Å²) in [6.45, 7) is 0. The average Bonchev–Trinajstić information content (AvgIpc) is 2.84. The van der Waals surface area contributed by atoms with Crippen LogP contribution in [0.15, 0.2) is 46.4 Å². The number of carbonyl (C=O) groups is 1. The van der Waals surface area contributed by atoms with Gasteiger partial charge in [0.05, 0.1) is 10.2 Å². The van der Waals surface area contributed by atoms with E-state index in [1.807, 2.05) is 17.5 Å². The minimum absolute atomic E-state index is 0.0645. The fraction of sp³-hybridized carbons (Fsp3) is 0.0667. The molecule has 0 amide bonds. The highest BCUT2D eigenvalue weighted by Crippen LogP contribution is 2.21. The Bertz CT molecular complexity index is 779. The lowest BCUT2D eigenvalue weighted by Gasteiger charge is -2.03. The van der Waals surface area contributed by atoms with E-state index < -0.39 is 0 Å². The fourth-order valence-electron chi connectivity index (χ4n) is 2.00. The number of rotatable bonds is 3. The van der Waals surface area contributed by atoms with E-state index in [1.165, 1.54) is 12.1 Å². The quantitative estimate of drug-likeness (QED) is 0.645. The minimum atomic E-state index is -0.353. The molecule has 0 saturated carbocycles. The number of hydrogen-bond acceptors (Lipinski definition) is 3. The molecule has 3 aromatic rings. The van der Waals surface area contributed by atoms with Gasteiger partial charge < -0.3 is 0 Å². The molecule has 5 heteroatoms. The van der Waals surface area contributed by atoms with Crippen molar-refractivity contribution in [2.24, 2.45) is 0 Å². The van der Waals surface area contributed by atoms with Crippen LogP contribution < -0.4 is 0 Å². The van der Waals surface area contributed by atoms with Crippen molar-refractivity contribution in [3.8, 4) is 0 Å². The summed E-state index contributed by atoms with van der Waals surface area (Å²) < 4.78 is 14.9. The second kappa shape index (κ2) is 5.42. The van der Waals surface area contributed by atoms with Gasteiger partial charge in [0.15, 0.2) is 5.78 Å². The van der Waals surface area contributed by atoms with E-state index in [-0.39, 0.29) is 18.0 Å². The van der Waals surface area contributed by atoms with Gasteiger partial charge in [-0.25, -0.2) is 4.39 Å². The molecule has 1 aromatic carbocycles. The van der Waals surface area contributed by atoms with Crippen molar-refractivity contribution in [2.45, 2.75) is 6.42 Å². The zero-order valence-corrected chi connectivity index (χ0v) is 12.7. The summed E-state index contributed by atoms with van der Waals surface area (Å²) in [6, 6.07) is 8.24. The standard InChI is InChI=1S/C15H9BrFNOS/c16-11-3-9(4-12(17)7-11)5-14(19)10-6-15-13(18-8-10)1-2-20-15/h1-4,6-8H,5H2. The molecule has 2 nitrogen and oxygen atoms in total. The number of benzene rings is 1. The molecule has 0 N–H and O–H groups in total. The van der Waals surface area contributed by atoms with Crippen molar-refractivity contribution < 1.29 is 9.18 Å². The lowest BCUT2D eigenvalue weighted by atomic mass is 10.0. The highest BCUT2D eigenvalue weighted by Gasteiger charge is 2.10. The van der Waals surface area contributed by atoms with E-state index >= 15 is 0 Å². The SMILES string of the molecule is O=C(Cc1cc(F)cc(Br)c1)c1cnc2ccsc2c1. The Labute approximate surface area is 127 Å². The third-order valence-electron chi connectivity index (χ3n) is 2.91. The summed E-state index contributed by atoms with van der Waals surface area (Å²) in [4.78, 5) is 16.5. The molecule has 0 saturated heterocycles. The van der Waals surface area contributed by atoms with Gasteiger partial charge in [0.2, 0.25) is 0 Å². The van der Waals surface area contributed by atoms with Gasteiger partial charge in [0, 0.05) is 22.7 Å². The monoisotopic (exact) mass is 349 g/mol. The maximum absolute atomic E-state index is 13.3. The number of thiophene rings is 1. The molecule has 0 bridgehead atoms. The number of Topliss-reactive ketones (excluding diaryl/α,β-unsaturated/α-hetero) is 1. The van der Waals surface area contributed by atoms with Crippen LogP contribution in [-0.2, 0) is 6.42 Å². The van der Waals surface area contributed by atoms with E-state index in [4.69, 9.17) is 0 Å². The molecule has 2 aromatic heterocycles. The molecule has 0 aliphatic rings. The van der Waals surface area contributed by atoms with Gasteiger partial charge in [-0.3, -0.25) is 9.78 Å². The summed E-state index contributed by atoms with van der Waals surface area (Å²) in [5.74, 6) is -0.417. The largest absolute Gasteiger partial charge is 0.294 e. The van der Waals surface area contributed by atoms with Crippen molar-refractivity contribution in [2.75, 3.05) is 0 Å². The molecule has 0 radical (unpaired) electrons. The summed E-state index contributed by atoms with van der Waals surface area (Å²) in [7, 11) is 0. The molecule has 0 unspecified atom stereocenters. The van der Waals surface area contributed by atoms with Gasteiger partial charge >= 0.3 is 0 Å². The molecular weight excluding hydrogens is 341 g/mol. The van der Waals surface area contributed by atoms with E-state index in [2.05, 4.69) is 20.9 Å². The van der Waals surface area contributed by atoms with Crippen molar-refractivity contribution in [1.29, 1.82) is 0 Å². The molecule has 3 rings (SSSR count). The Morgan fingerprint density at radius 2 is 2.15 bits per heavy atom. The number of pyridine rings is 1. The van der Waals surface area contributed by atoms with Crippen LogP contribution in [0.2, 0.25) is 0 Å². The van der Waals surface area contributed by atoms with Crippen LogP contribution in [-0.4, -0.2) is 10.8 Å². The van der Waals surface area contributed by atoms with Crippen LogP contribution in [0.3, 0.4) is 0 Å². The molecule has 0 spiro atoms. The predicted octanol–water partition coefficient (Wildman–Crippen LogP) is 4.62. The Kier molecular flexibility index (Phi) is 3.63. The lowest BCUT2D eigenvalue weighted by molar-refractivity contribution is 0.0993. The molecule has 20 heavy (non-hydrogen) atoms. The predicted molar refractivity (Wildman–Crippen MR) is 81.8 cm³/mol. The van der Waals surface area contributed by atoms with Gasteiger partial charge in [-0.15, -0.1) is 11.3 Å². The number of hydrogen-bond donors (Lipinski definition) is 0. The first-order valence-electron chi connectivity index (χ1n) is 5.93. The number of halogens is 2. The highest BCUT2D eigenvalue weighted by atomic mass is 79.9. The van der Waals surface area contributed by atoms with Gasteiger partial charge in [-0.1, -0.05) is 15.9 Å². The maximum Gasteiger partial charge on any atom is 0.168 e.